The lowest BCUT2D eigenvalue weighted by molar-refractivity contribution is -0.116. The van der Waals surface area contributed by atoms with Crippen LogP contribution in [0, 0.1) is 5.82 Å². The van der Waals surface area contributed by atoms with E-state index in [0.717, 1.165) is 33.5 Å². The van der Waals surface area contributed by atoms with Crippen LogP contribution in [0.5, 0.6) is 0 Å². The first kappa shape index (κ1) is 26.0. The summed E-state index contributed by atoms with van der Waals surface area (Å²) in [6.45, 7) is 0.381. The number of fused-ring (bicyclic) bond motifs is 1. The van der Waals surface area contributed by atoms with Gasteiger partial charge < -0.3 is 20.1 Å². The van der Waals surface area contributed by atoms with E-state index < -0.39 is 5.82 Å². The fourth-order valence-corrected chi connectivity index (χ4v) is 5.75. The number of aromatic nitrogens is 2. The maximum Gasteiger partial charge on any atom is 0.226 e. The van der Waals surface area contributed by atoms with Gasteiger partial charge in [0.2, 0.25) is 5.91 Å². The van der Waals surface area contributed by atoms with Gasteiger partial charge in [0.1, 0.15) is 5.82 Å². The predicted octanol–water partition coefficient (Wildman–Crippen LogP) is 6.82. The Morgan fingerprint density at radius 2 is 1.85 bits per heavy atom. The number of benzene rings is 3. The van der Waals surface area contributed by atoms with Crippen LogP contribution in [-0.2, 0) is 4.79 Å². The van der Waals surface area contributed by atoms with Crippen molar-refractivity contribution in [1.82, 2.24) is 19.8 Å². The minimum absolute atomic E-state index is 0.0421. The molecule has 3 aromatic carbocycles. The molecule has 6 rings (SSSR count). The average Bonchev–Trinajstić information content (AvgIpc) is 3.58. The molecule has 2 unspecified atom stereocenters. The third-order valence-electron chi connectivity index (χ3n) is 7.11. The Morgan fingerprint density at radius 3 is 2.67 bits per heavy atom. The van der Waals surface area contributed by atoms with Crippen molar-refractivity contribution in [1.29, 1.82) is 0 Å². The highest BCUT2D eigenvalue weighted by Gasteiger charge is 2.41. The topological polar surface area (TPSA) is 62.2 Å². The molecule has 40 heavy (non-hydrogen) atoms. The number of anilines is 1. The number of carbonyl (C=O) groups is 1. The van der Waals surface area contributed by atoms with Gasteiger partial charge >= 0.3 is 0 Å². The zero-order valence-electron chi connectivity index (χ0n) is 21.3. The molecular formula is C31H25ClFN5OS. The Hall–Kier alpha value is -4.27. The van der Waals surface area contributed by atoms with E-state index in [-0.39, 0.29) is 29.4 Å². The van der Waals surface area contributed by atoms with Gasteiger partial charge in [-0.25, -0.2) is 4.39 Å². The van der Waals surface area contributed by atoms with E-state index >= 15 is 0 Å². The number of pyridine rings is 1. The lowest BCUT2D eigenvalue weighted by Gasteiger charge is -2.29. The van der Waals surface area contributed by atoms with Crippen molar-refractivity contribution in [2.45, 2.75) is 18.5 Å². The molecule has 2 atom stereocenters. The van der Waals surface area contributed by atoms with Gasteiger partial charge in [-0.2, -0.15) is 0 Å². The lowest BCUT2D eigenvalue weighted by atomic mass is 10.0. The maximum atomic E-state index is 13.9. The molecule has 0 bridgehead atoms. The molecule has 1 saturated heterocycles. The predicted molar refractivity (Wildman–Crippen MR) is 160 cm³/mol. The molecule has 3 heterocycles. The quantitative estimate of drug-likeness (QED) is 0.211. The van der Waals surface area contributed by atoms with Crippen molar-refractivity contribution >= 4 is 51.3 Å². The number of thiocarbonyl (C=S) groups is 1. The van der Waals surface area contributed by atoms with Crippen LogP contribution in [0.2, 0.25) is 5.02 Å². The van der Waals surface area contributed by atoms with Crippen molar-refractivity contribution in [2.75, 3.05) is 11.9 Å². The molecule has 1 aliphatic heterocycles. The summed E-state index contributed by atoms with van der Waals surface area (Å²) in [5.74, 6) is -0.590. The summed E-state index contributed by atoms with van der Waals surface area (Å²) in [6.07, 6.45) is 3.87. The summed E-state index contributed by atoms with van der Waals surface area (Å²) in [7, 11) is 0. The summed E-state index contributed by atoms with van der Waals surface area (Å²) < 4.78 is 15.9. The molecule has 1 fully saturated rings. The molecule has 5 aromatic rings. The lowest BCUT2D eigenvalue weighted by Crippen LogP contribution is -2.33. The van der Waals surface area contributed by atoms with E-state index in [1.54, 1.807) is 18.3 Å². The van der Waals surface area contributed by atoms with E-state index in [1.807, 2.05) is 88.5 Å². The highest BCUT2D eigenvalue weighted by Crippen LogP contribution is 2.40. The van der Waals surface area contributed by atoms with Crippen LogP contribution in [0.3, 0.4) is 0 Å². The van der Waals surface area contributed by atoms with Crippen molar-refractivity contribution in [3.05, 3.63) is 126 Å². The van der Waals surface area contributed by atoms with E-state index in [9.17, 15) is 9.18 Å². The third-order valence-corrected chi connectivity index (χ3v) is 7.75. The van der Waals surface area contributed by atoms with Crippen molar-refractivity contribution < 1.29 is 9.18 Å². The second kappa shape index (κ2) is 11.1. The summed E-state index contributed by atoms with van der Waals surface area (Å²) in [6, 6.07) is 27.6. The van der Waals surface area contributed by atoms with Crippen LogP contribution in [-0.4, -0.2) is 32.0 Å². The molecule has 0 radical (unpaired) electrons. The Bertz CT molecular complexity index is 1700. The minimum Gasteiger partial charge on any atom is -0.352 e. The molecule has 9 heteroatoms. The molecule has 2 N–H and O–H groups in total. The summed E-state index contributed by atoms with van der Waals surface area (Å²) in [5.41, 5.74) is 3.22. The molecule has 0 aliphatic carbocycles. The Balaban J connectivity index is 1.30. The number of nitrogens with zero attached hydrogens (tertiary/aromatic N) is 3. The van der Waals surface area contributed by atoms with E-state index in [0.29, 0.717) is 11.7 Å². The molecule has 2 aromatic heterocycles. The molecule has 6 nitrogen and oxygen atoms in total. The van der Waals surface area contributed by atoms with E-state index in [2.05, 4.69) is 15.6 Å². The molecular weight excluding hydrogens is 545 g/mol. The fourth-order valence-electron chi connectivity index (χ4n) is 5.24. The molecule has 200 valence electrons. The first-order valence-electron chi connectivity index (χ1n) is 12.9. The number of hydrogen-bond donors (Lipinski definition) is 2. The molecule has 0 saturated carbocycles. The third kappa shape index (κ3) is 5.03. The van der Waals surface area contributed by atoms with Gasteiger partial charge in [-0.15, -0.1) is 0 Å². The SMILES string of the molecule is O=C(CCN1C(=S)NC(c2ccccn2)C1c1cccn1-c1ccc(F)c(Cl)c1)Nc1cccc2ccccc12. The van der Waals surface area contributed by atoms with Crippen LogP contribution in [0.25, 0.3) is 16.5 Å². The standard InChI is InChI=1S/C31H25ClFN5OS/c32-23-19-21(13-14-24(23)33)37-17-6-12-27(37)30-29(26-10-3-4-16-34-26)36-31(40)38(30)18-15-28(39)35-25-11-5-8-20-7-1-2-9-22(20)25/h1-14,16-17,19,29-30H,15,18H2,(H,35,39)(H,36,40). The first-order chi connectivity index (χ1) is 19.5. The van der Waals surface area contributed by atoms with Crippen LogP contribution in [0.4, 0.5) is 10.1 Å². The second-order valence-corrected chi connectivity index (χ2v) is 10.3. The van der Waals surface area contributed by atoms with Crippen LogP contribution in [0.15, 0.2) is 103 Å². The summed E-state index contributed by atoms with van der Waals surface area (Å²) >= 11 is 11.9. The van der Waals surface area contributed by atoms with Gasteiger partial charge in [-0.1, -0.05) is 54.1 Å². The Labute approximate surface area is 241 Å². The number of halogens is 2. The van der Waals surface area contributed by atoms with Gasteiger partial charge in [0.25, 0.3) is 0 Å². The first-order valence-corrected chi connectivity index (χ1v) is 13.7. The van der Waals surface area contributed by atoms with Crippen molar-refractivity contribution in [2.24, 2.45) is 0 Å². The van der Waals surface area contributed by atoms with E-state index in [1.165, 1.54) is 6.07 Å². The molecule has 0 spiro atoms. The Morgan fingerprint density at radius 1 is 1.02 bits per heavy atom. The number of carbonyl (C=O) groups excluding carboxylic acids is 1. The maximum absolute atomic E-state index is 13.9. The zero-order valence-corrected chi connectivity index (χ0v) is 22.9. The van der Waals surface area contributed by atoms with E-state index in [4.69, 9.17) is 23.8 Å². The zero-order chi connectivity index (χ0) is 27.6. The van der Waals surface area contributed by atoms with Crippen LogP contribution < -0.4 is 10.6 Å². The highest BCUT2D eigenvalue weighted by atomic mass is 35.5. The summed E-state index contributed by atoms with van der Waals surface area (Å²) in [5, 5.41) is 9.11. The number of amides is 1. The van der Waals surface area contributed by atoms with Gasteiger partial charge in [-0.05, 0) is 66.1 Å². The average molecular weight is 570 g/mol. The van der Waals surface area contributed by atoms with Crippen LogP contribution in [0.1, 0.15) is 29.9 Å². The highest BCUT2D eigenvalue weighted by molar-refractivity contribution is 7.80. The van der Waals surface area contributed by atoms with Gasteiger partial charge in [0, 0.05) is 47.8 Å². The minimum atomic E-state index is -0.479. The van der Waals surface area contributed by atoms with Gasteiger partial charge in [-0.3, -0.25) is 9.78 Å². The van der Waals surface area contributed by atoms with Gasteiger partial charge in [0.15, 0.2) is 5.11 Å². The second-order valence-electron chi connectivity index (χ2n) is 9.55. The number of hydrogen-bond acceptors (Lipinski definition) is 3. The van der Waals surface area contributed by atoms with Crippen molar-refractivity contribution in [3.8, 4) is 5.69 Å². The largest absolute Gasteiger partial charge is 0.352 e. The number of nitrogens with one attached hydrogen (secondary N) is 2. The molecule has 1 amide bonds. The smallest absolute Gasteiger partial charge is 0.226 e. The summed E-state index contributed by atoms with van der Waals surface area (Å²) in [4.78, 5) is 19.8. The normalized spacial score (nSPS) is 16.8. The Kier molecular flexibility index (Phi) is 7.19. The van der Waals surface area contributed by atoms with Crippen LogP contribution >= 0.6 is 23.8 Å². The van der Waals surface area contributed by atoms with Gasteiger partial charge in [0.05, 0.1) is 22.8 Å². The molecule has 1 aliphatic rings. The van der Waals surface area contributed by atoms with Crippen molar-refractivity contribution in [3.63, 3.8) is 0 Å². The fraction of sp³-hybridized carbons (Fsp3) is 0.129. The number of rotatable bonds is 7. The monoisotopic (exact) mass is 569 g/mol.